The highest BCUT2D eigenvalue weighted by atomic mass is 32.2. The predicted molar refractivity (Wildman–Crippen MR) is 131 cm³/mol. The molecule has 8 nitrogen and oxygen atoms in total. The third kappa shape index (κ3) is 9.29. The molecule has 2 aromatic rings. The van der Waals surface area contributed by atoms with E-state index in [-0.39, 0.29) is 0 Å². The first kappa shape index (κ1) is 32.7. The number of hydrogen-bond donors (Lipinski definition) is 2. The number of benzene rings is 2. The van der Waals surface area contributed by atoms with E-state index in [1.807, 2.05) is 0 Å². The second-order valence-electron chi connectivity index (χ2n) is 10.4. The first-order valence-electron chi connectivity index (χ1n) is 11.1. The van der Waals surface area contributed by atoms with Crippen molar-refractivity contribution in [2.45, 2.75) is 74.8 Å². The van der Waals surface area contributed by atoms with Gasteiger partial charge in [0.25, 0.3) is 0 Å². The Morgan fingerprint density at radius 3 is 1.18 bits per heavy atom. The maximum absolute atomic E-state index is 13.3. The van der Waals surface area contributed by atoms with Gasteiger partial charge in [0.05, 0.1) is 11.1 Å². The van der Waals surface area contributed by atoms with Gasteiger partial charge in [0.2, 0.25) is 20.0 Å². The molecule has 0 aliphatic heterocycles. The van der Waals surface area contributed by atoms with Gasteiger partial charge >= 0.3 is 20.0 Å². The van der Waals surface area contributed by atoms with Gasteiger partial charge < -0.3 is 9.31 Å². The highest BCUT2D eigenvalue weighted by Gasteiger charge is 2.36. The normalized spacial score (nSPS) is 13.7. The first-order chi connectivity index (χ1) is 17.3. The maximum atomic E-state index is 13.3. The van der Waals surface area contributed by atoms with E-state index in [1.165, 1.54) is 41.5 Å². The summed E-state index contributed by atoms with van der Waals surface area (Å²) in [5, 5.41) is 0. The molecule has 39 heavy (non-hydrogen) atoms. The van der Waals surface area contributed by atoms with Gasteiger partial charge in [0.15, 0.2) is 0 Å². The molecular formula is C22H27BF6N2O6S2. The van der Waals surface area contributed by atoms with Crippen LogP contribution in [0.1, 0.15) is 52.7 Å². The fraction of sp³-hybridized carbons (Fsp3) is 0.455. The van der Waals surface area contributed by atoms with Gasteiger partial charge in [-0.2, -0.15) is 26.3 Å². The van der Waals surface area contributed by atoms with Crippen molar-refractivity contribution in [1.82, 2.24) is 9.44 Å². The number of nitrogens with one attached hydrogen (secondary N) is 2. The molecule has 2 aromatic carbocycles. The smallest absolute Gasteiger partial charge is 0.527 e. The minimum atomic E-state index is -4.88. The lowest BCUT2D eigenvalue weighted by Crippen LogP contribution is -2.40. The average Bonchev–Trinajstić information content (AvgIpc) is 2.69. The fourth-order valence-corrected chi connectivity index (χ4v) is 6.28. The van der Waals surface area contributed by atoms with Gasteiger partial charge in [-0.1, -0.05) is 0 Å². The van der Waals surface area contributed by atoms with E-state index in [4.69, 9.17) is 9.31 Å². The number of hydrogen-bond acceptors (Lipinski definition) is 6. The summed E-state index contributed by atoms with van der Waals surface area (Å²) in [6, 6.07) is 3.29. The quantitative estimate of drug-likeness (QED) is 0.337. The van der Waals surface area contributed by atoms with Crippen LogP contribution in [0.4, 0.5) is 26.3 Å². The summed E-state index contributed by atoms with van der Waals surface area (Å²) in [5.41, 5.74) is -4.72. The van der Waals surface area contributed by atoms with E-state index in [1.54, 1.807) is 0 Å². The Bertz CT molecular complexity index is 1310. The van der Waals surface area contributed by atoms with Crippen molar-refractivity contribution < 1.29 is 52.5 Å². The molecule has 0 heterocycles. The molecule has 0 unspecified atom stereocenters. The van der Waals surface area contributed by atoms with Gasteiger partial charge in [-0.3, -0.25) is 0 Å². The van der Waals surface area contributed by atoms with Crippen LogP contribution in [0.2, 0.25) is 0 Å². The molecule has 0 aliphatic carbocycles. The Kier molecular flexibility index (Phi) is 9.08. The van der Waals surface area contributed by atoms with E-state index < -0.39 is 83.6 Å². The van der Waals surface area contributed by atoms with Gasteiger partial charge in [-0.25, -0.2) is 26.3 Å². The molecule has 0 radical (unpaired) electrons. The van der Waals surface area contributed by atoms with Crippen LogP contribution in [0.5, 0.6) is 11.5 Å². The number of halogens is 6. The second kappa shape index (κ2) is 10.8. The zero-order valence-electron chi connectivity index (χ0n) is 21.7. The first-order valence-corrected chi connectivity index (χ1v) is 14.0. The largest absolute Gasteiger partial charge is 0.576 e. The number of rotatable bonds is 8. The summed E-state index contributed by atoms with van der Waals surface area (Å²) >= 11 is 0. The highest BCUT2D eigenvalue weighted by molar-refractivity contribution is 7.90. The molecule has 0 saturated carbocycles. The summed E-state index contributed by atoms with van der Waals surface area (Å²) in [6.45, 7) is 8.75. The molecule has 17 heteroatoms. The van der Waals surface area contributed by atoms with E-state index >= 15 is 0 Å². The van der Waals surface area contributed by atoms with E-state index in [9.17, 15) is 43.2 Å². The molecule has 0 bridgehead atoms. The average molecular weight is 604 g/mol. The van der Waals surface area contributed by atoms with Crippen molar-refractivity contribution in [1.29, 1.82) is 0 Å². The van der Waals surface area contributed by atoms with Gasteiger partial charge in [-0.15, -0.1) is 0 Å². The Labute approximate surface area is 223 Å². The Hall–Kier alpha value is -2.50. The van der Waals surface area contributed by atoms with E-state index in [2.05, 4.69) is 9.44 Å². The summed E-state index contributed by atoms with van der Waals surface area (Å²) in [4.78, 5) is -1.77. The monoisotopic (exact) mass is 604 g/mol. The number of sulfonamides is 2. The molecular weight excluding hydrogens is 577 g/mol. The van der Waals surface area contributed by atoms with Crippen molar-refractivity contribution in [3.8, 4) is 11.5 Å². The third-order valence-electron chi connectivity index (χ3n) is 4.43. The zero-order valence-corrected chi connectivity index (χ0v) is 23.3. The van der Waals surface area contributed by atoms with Crippen LogP contribution in [0.15, 0.2) is 46.2 Å². The van der Waals surface area contributed by atoms with Crippen molar-refractivity contribution in [3.63, 3.8) is 0 Å². The lowest BCUT2D eigenvalue weighted by molar-refractivity contribution is -0.138. The molecule has 0 spiro atoms. The summed E-state index contributed by atoms with van der Waals surface area (Å²) < 4.78 is 146. The van der Waals surface area contributed by atoms with Crippen molar-refractivity contribution in [2.75, 3.05) is 0 Å². The van der Waals surface area contributed by atoms with Crippen LogP contribution in [0.25, 0.3) is 0 Å². The second-order valence-corrected chi connectivity index (χ2v) is 13.7. The molecule has 0 atom stereocenters. The van der Waals surface area contributed by atoms with Crippen LogP contribution in [-0.2, 0) is 32.4 Å². The SMILES string of the molecule is CC(C)(C)NS(=O)(=O)c1cc(C(F)(F)F)ccc1OBOc1ccc(C(F)(F)F)cc1S(=O)(=O)NC(C)(C)C. The van der Waals surface area contributed by atoms with Crippen molar-refractivity contribution >= 4 is 27.7 Å². The van der Waals surface area contributed by atoms with E-state index in [0.717, 1.165) is 12.1 Å². The van der Waals surface area contributed by atoms with Crippen molar-refractivity contribution in [3.05, 3.63) is 47.5 Å². The zero-order chi connectivity index (χ0) is 30.2. The lowest BCUT2D eigenvalue weighted by atomic mass is 10.1. The molecule has 0 amide bonds. The van der Waals surface area contributed by atoms with Crippen LogP contribution in [-0.4, -0.2) is 35.6 Å². The van der Waals surface area contributed by atoms with Crippen molar-refractivity contribution in [2.24, 2.45) is 0 Å². The standard InChI is InChI=1S/C22H27BF6N2O6S2/c1-19(2,3)30-38(32,33)17-11-13(21(24,25)26)7-9-15(17)36-23-37-16-10-8-14(22(27,28)29)12-18(16)39(34,35)31-20(4,5)6/h7-12,23,30-31H,1-6H3. The van der Waals surface area contributed by atoms with Crippen LogP contribution in [0.3, 0.4) is 0 Å². The van der Waals surface area contributed by atoms with Gasteiger partial charge in [-0.05, 0) is 77.9 Å². The minimum absolute atomic E-state index is 0.352. The maximum Gasteiger partial charge on any atom is 0.576 e. The third-order valence-corrected chi connectivity index (χ3v) is 7.99. The Morgan fingerprint density at radius 2 is 0.923 bits per heavy atom. The fourth-order valence-electron chi connectivity index (χ4n) is 3.10. The van der Waals surface area contributed by atoms with Crippen LogP contribution < -0.4 is 18.8 Å². The van der Waals surface area contributed by atoms with Crippen LogP contribution >= 0.6 is 0 Å². The molecule has 0 saturated heterocycles. The lowest BCUT2D eigenvalue weighted by Gasteiger charge is -2.23. The minimum Gasteiger partial charge on any atom is -0.527 e. The van der Waals surface area contributed by atoms with E-state index in [0.29, 0.717) is 24.3 Å². The van der Waals surface area contributed by atoms with Gasteiger partial charge in [0, 0.05) is 11.1 Å². The molecule has 2 rings (SSSR count). The molecule has 0 aliphatic rings. The molecule has 218 valence electrons. The summed E-state index contributed by atoms with van der Waals surface area (Å²) in [5.74, 6) is -1.16. The number of alkyl halides is 6. The topological polar surface area (TPSA) is 111 Å². The Balaban J connectivity index is 2.49. The van der Waals surface area contributed by atoms with Crippen LogP contribution in [0, 0.1) is 0 Å². The van der Waals surface area contributed by atoms with Gasteiger partial charge in [0.1, 0.15) is 21.3 Å². The molecule has 0 aromatic heterocycles. The summed E-state index contributed by atoms with van der Waals surface area (Å²) in [6.07, 6.45) is -9.77. The highest BCUT2D eigenvalue weighted by Crippen LogP contribution is 2.36. The summed E-state index contributed by atoms with van der Waals surface area (Å²) in [7, 11) is -10.1. The predicted octanol–water partition coefficient (Wildman–Crippen LogP) is 4.60. The Morgan fingerprint density at radius 1 is 0.615 bits per heavy atom. The molecule has 2 N–H and O–H groups in total. The molecule has 0 fully saturated rings.